The van der Waals surface area contributed by atoms with Gasteiger partial charge in [-0.05, 0) is 133 Å². The molecule has 3 atom stereocenters. The lowest BCUT2D eigenvalue weighted by Gasteiger charge is -2.41. The lowest BCUT2D eigenvalue weighted by atomic mass is 9.87. The Labute approximate surface area is 316 Å². The van der Waals surface area contributed by atoms with Gasteiger partial charge in [-0.25, -0.2) is 0 Å². The van der Waals surface area contributed by atoms with Gasteiger partial charge in [0.1, 0.15) is 0 Å². The molecule has 0 saturated heterocycles. The molecule has 3 saturated carbocycles. The Hall–Kier alpha value is -2.32. The van der Waals surface area contributed by atoms with Crippen LogP contribution in [-0.2, 0) is 24.7 Å². The normalized spacial score (nSPS) is 21.8. The van der Waals surface area contributed by atoms with Gasteiger partial charge in [0.25, 0.3) is 0 Å². The fraction of sp³-hybridized carbons (Fsp3) is 0.561. The van der Waals surface area contributed by atoms with E-state index < -0.39 is 85.0 Å². The summed E-state index contributed by atoms with van der Waals surface area (Å²) in [6, 6.07) is 9.92. The summed E-state index contributed by atoms with van der Waals surface area (Å²) in [5.74, 6) is -0.663. The minimum Gasteiger partial charge on any atom is -0.166 e. The van der Waals surface area contributed by atoms with Crippen molar-refractivity contribution in [3.8, 4) is 0 Å². The number of benzene rings is 3. The third-order valence-electron chi connectivity index (χ3n) is 11.8. The van der Waals surface area contributed by atoms with Crippen molar-refractivity contribution < 1.29 is 52.7 Å². The topological polar surface area (TPSA) is 0 Å². The van der Waals surface area contributed by atoms with Gasteiger partial charge in [0, 0.05) is 0 Å². The van der Waals surface area contributed by atoms with Crippen LogP contribution in [0.1, 0.15) is 124 Å². The van der Waals surface area contributed by atoms with Gasteiger partial charge < -0.3 is 0 Å². The first-order valence-electron chi connectivity index (χ1n) is 19.0. The molecule has 3 fully saturated rings. The third-order valence-corrected chi connectivity index (χ3v) is 18.2. The SMILES string of the molecule is CC(C1CCCC1c1ccccc1P(C1CCCCC1)C1CCCCC1)P(c1cc(C(F)(F)F)cc(C(F)(F)F)c1)c1cc(C(F)(F)F)cc(C(F)(F)F)c1. The van der Waals surface area contributed by atoms with E-state index in [0.717, 1.165) is 56.9 Å². The fourth-order valence-electron chi connectivity index (χ4n) is 9.36. The van der Waals surface area contributed by atoms with Crippen LogP contribution >= 0.6 is 15.8 Å². The van der Waals surface area contributed by atoms with E-state index in [-0.39, 0.29) is 18.1 Å². The summed E-state index contributed by atoms with van der Waals surface area (Å²) < 4.78 is 170. The van der Waals surface area contributed by atoms with Crippen molar-refractivity contribution in [1.82, 2.24) is 0 Å². The Morgan fingerprint density at radius 1 is 0.491 bits per heavy atom. The minimum absolute atomic E-state index is 0.0671. The van der Waals surface area contributed by atoms with E-state index in [1.807, 2.05) is 18.2 Å². The van der Waals surface area contributed by atoms with E-state index in [2.05, 4.69) is 6.07 Å². The Bertz CT molecular complexity index is 1610. The maximum atomic E-state index is 14.2. The summed E-state index contributed by atoms with van der Waals surface area (Å²) in [5.41, 5.74) is -5.47. The van der Waals surface area contributed by atoms with Crippen molar-refractivity contribution in [3.05, 3.63) is 88.5 Å². The zero-order valence-corrected chi connectivity index (χ0v) is 32.1. The highest BCUT2D eigenvalue weighted by atomic mass is 31.1. The summed E-state index contributed by atoms with van der Waals surface area (Å²) in [7, 11) is -3.27. The van der Waals surface area contributed by atoms with Crippen LogP contribution in [0.5, 0.6) is 0 Å². The summed E-state index contributed by atoms with van der Waals surface area (Å²) in [6.07, 6.45) is -7.96. The molecule has 0 bridgehead atoms. The van der Waals surface area contributed by atoms with Gasteiger partial charge in [0.05, 0.1) is 22.3 Å². The molecule has 3 unspecified atom stereocenters. The van der Waals surface area contributed by atoms with Gasteiger partial charge in [-0.15, -0.1) is 0 Å². The van der Waals surface area contributed by atoms with Gasteiger partial charge in [0.15, 0.2) is 0 Å². The van der Waals surface area contributed by atoms with Gasteiger partial charge in [0.2, 0.25) is 0 Å². The molecular formula is C41H44F12P2. The summed E-state index contributed by atoms with van der Waals surface area (Å²) >= 11 is 0. The summed E-state index contributed by atoms with van der Waals surface area (Å²) in [4.78, 5) is 0. The van der Waals surface area contributed by atoms with Crippen LogP contribution in [0.25, 0.3) is 0 Å². The van der Waals surface area contributed by atoms with Crippen molar-refractivity contribution >= 4 is 31.8 Å². The maximum Gasteiger partial charge on any atom is 0.416 e. The molecule has 0 amide bonds. The van der Waals surface area contributed by atoms with Crippen LogP contribution in [0.3, 0.4) is 0 Å². The number of hydrogen-bond acceptors (Lipinski definition) is 0. The van der Waals surface area contributed by atoms with E-state index in [4.69, 9.17) is 0 Å². The van der Waals surface area contributed by atoms with E-state index >= 15 is 0 Å². The van der Waals surface area contributed by atoms with E-state index in [0.29, 0.717) is 54.8 Å². The largest absolute Gasteiger partial charge is 0.416 e. The first-order valence-corrected chi connectivity index (χ1v) is 21.9. The average Bonchev–Trinajstić information content (AvgIpc) is 3.61. The first kappa shape index (κ1) is 42.3. The lowest BCUT2D eigenvalue weighted by molar-refractivity contribution is -0.144. The molecule has 3 aromatic rings. The van der Waals surface area contributed by atoms with Crippen molar-refractivity contribution in [1.29, 1.82) is 0 Å². The Kier molecular flexibility index (Phi) is 12.7. The maximum absolute atomic E-state index is 14.2. The van der Waals surface area contributed by atoms with Gasteiger partial charge in [-0.2, -0.15) is 52.7 Å². The molecule has 0 aromatic heterocycles. The van der Waals surface area contributed by atoms with Crippen LogP contribution in [0.4, 0.5) is 52.7 Å². The highest BCUT2D eigenvalue weighted by Crippen LogP contribution is 2.59. The molecule has 3 aromatic carbocycles. The van der Waals surface area contributed by atoms with Crippen LogP contribution in [-0.4, -0.2) is 17.0 Å². The molecule has 3 aliphatic carbocycles. The van der Waals surface area contributed by atoms with Crippen molar-refractivity contribution in [2.75, 3.05) is 0 Å². The number of hydrogen-bond donors (Lipinski definition) is 0. The molecule has 14 heteroatoms. The highest BCUT2D eigenvalue weighted by Gasteiger charge is 2.45. The summed E-state index contributed by atoms with van der Waals surface area (Å²) in [6.45, 7) is 1.59. The van der Waals surface area contributed by atoms with Crippen molar-refractivity contribution in [2.45, 2.75) is 138 Å². The van der Waals surface area contributed by atoms with Crippen LogP contribution < -0.4 is 15.9 Å². The van der Waals surface area contributed by atoms with Crippen molar-refractivity contribution in [2.24, 2.45) is 5.92 Å². The minimum atomic E-state index is -5.27. The van der Waals surface area contributed by atoms with Gasteiger partial charge in [-0.3, -0.25) is 0 Å². The quantitative estimate of drug-likeness (QED) is 0.157. The molecule has 0 radical (unpaired) electrons. The third kappa shape index (κ3) is 9.70. The van der Waals surface area contributed by atoms with Crippen molar-refractivity contribution in [3.63, 3.8) is 0 Å². The van der Waals surface area contributed by atoms with Crippen LogP contribution in [0.15, 0.2) is 60.7 Å². The molecule has 6 rings (SSSR count). The molecule has 302 valence electrons. The van der Waals surface area contributed by atoms with E-state index in [9.17, 15) is 52.7 Å². The second-order valence-electron chi connectivity index (χ2n) is 15.4. The molecule has 0 heterocycles. The van der Waals surface area contributed by atoms with E-state index in [1.165, 1.54) is 18.1 Å². The first-order chi connectivity index (χ1) is 25.7. The zero-order chi connectivity index (χ0) is 39.9. The predicted octanol–water partition coefficient (Wildman–Crippen LogP) is 13.9. The number of alkyl halides is 12. The number of rotatable bonds is 8. The van der Waals surface area contributed by atoms with Crippen LogP contribution in [0.2, 0.25) is 0 Å². The molecule has 55 heavy (non-hydrogen) atoms. The van der Waals surface area contributed by atoms with E-state index in [1.54, 1.807) is 6.92 Å². The lowest BCUT2D eigenvalue weighted by Crippen LogP contribution is -2.32. The fourth-order valence-corrected chi connectivity index (χ4v) is 16.5. The second-order valence-corrected chi connectivity index (χ2v) is 20.7. The Morgan fingerprint density at radius 2 is 0.891 bits per heavy atom. The predicted molar refractivity (Wildman–Crippen MR) is 195 cm³/mol. The molecule has 0 N–H and O–H groups in total. The van der Waals surface area contributed by atoms with Gasteiger partial charge >= 0.3 is 24.7 Å². The number of halogens is 12. The molecule has 0 nitrogen and oxygen atoms in total. The summed E-state index contributed by atoms with van der Waals surface area (Å²) in [5, 5.41) is 0.118. The highest BCUT2D eigenvalue weighted by molar-refractivity contribution is 7.73. The second kappa shape index (κ2) is 16.5. The smallest absolute Gasteiger partial charge is 0.166 e. The zero-order valence-electron chi connectivity index (χ0n) is 30.3. The van der Waals surface area contributed by atoms with Gasteiger partial charge in [-0.1, -0.05) is 84.1 Å². The van der Waals surface area contributed by atoms with Crippen LogP contribution in [0, 0.1) is 5.92 Å². The molecule has 0 aliphatic heterocycles. The average molecular weight is 827 g/mol. The Morgan fingerprint density at radius 3 is 1.29 bits per heavy atom. The molecule has 0 spiro atoms. The monoisotopic (exact) mass is 826 g/mol. The molecule has 3 aliphatic rings. The Balaban J connectivity index is 1.52. The molecular weight excluding hydrogens is 782 g/mol. The standard InChI is InChI=1S/C41H44F12P2/c1-25(34-16-10-17-35(34)36-15-8-9-18-37(36)55(30-11-4-2-5-12-30)31-13-6-3-7-14-31)54(32-21-26(38(42,43)44)19-27(22-32)39(45,46)47)33-23-28(40(48,49)50)20-29(24-33)41(51,52)53/h8-9,15,18-25,30-31,34-35H,2-7,10-14,16-17H2,1H3.